The maximum Gasteiger partial charge on any atom is 0.233 e. The molecule has 0 unspecified atom stereocenters. The number of thioether (sulfide) groups is 1. The number of aromatic nitrogens is 1. The summed E-state index contributed by atoms with van der Waals surface area (Å²) in [6.07, 6.45) is 0.159. The molecule has 2 aromatic rings. The summed E-state index contributed by atoms with van der Waals surface area (Å²) in [5, 5.41) is 2.56. The Morgan fingerprint density at radius 2 is 1.96 bits per heavy atom. The fourth-order valence-electron chi connectivity index (χ4n) is 2.14. The molecule has 5 nitrogen and oxygen atoms in total. The molecule has 0 aliphatic rings. The Kier molecular flexibility index (Phi) is 6.55. The normalized spacial score (nSPS) is 13.3. The van der Waals surface area contributed by atoms with Crippen LogP contribution in [0.25, 0.3) is 0 Å². The van der Waals surface area contributed by atoms with Crippen molar-refractivity contribution in [2.24, 2.45) is 5.73 Å². The molecular weight excluding hydrogens is 361 g/mol. The number of hydrogen-bond acceptors (Lipinski definition) is 5. The fourth-order valence-corrected chi connectivity index (χ4v) is 4.54. The summed E-state index contributed by atoms with van der Waals surface area (Å²) in [7, 11) is 0. The van der Waals surface area contributed by atoms with Crippen molar-refractivity contribution in [3.05, 3.63) is 46.2 Å². The van der Waals surface area contributed by atoms with Crippen LogP contribution in [0.15, 0.2) is 28.6 Å². The van der Waals surface area contributed by atoms with Crippen LogP contribution in [0.5, 0.6) is 0 Å². The molecule has 134 valence electrons. The van der Waals surface area contributed by atoms with Crippen molar-refractivity contribution in [2.75, 3.05) is 0 Å². The van der Waals surface area contributed by atoms with Crippen LogP contribution < -0.4 is 11.1 Å². The Morgan fingerprint density at radius 1 is 1.32 bits per heavy atom. The van der Waals surface area contributed by atoms with E-state index in [0.717, 1.165) is 20.5 Å². The lowest BCUT2D eigenvalue weighted by atomic mass is 10.1. The van der Waals surface area contributed by atoms with Crippen LogP contribution in [-0.4, -0.2) is 22.0 Å². The molecule has 2 amide bonds. The van der Waals surface area contributed by atoms with Gasteiger partial charge in [-0.15, -0.1) is 11.3 Å². The smallest absolute Gasteiger partial charge is 0.233 e. The summed E-state index contributed by atoms with van der Waals surface area (Å²) in [5.74, 6) is -0.842. The number of thiazole rings is 1. The number of benzene rings is 1. The Balaban J connectivity index is 1.95. The second kappa shape index (κ2) is 8.44. The van der Waals surface area contributed by atoms with E-state index in [4.69, 9.17) is 5.73 Å². The molecule has 0 fully saturated rings. The van der Waals surface area contributed by atoms with E-state index in [1.165, 1.54) is 35.2 Å². The van der Waals surface area contributed by atoms with Crippen molar-refractivity contribution in [2.45, 2.75) is 42.8 Å². The van der Waals surface area contributed by atoms with Crippen LogP contribution in [0.2, 0.25) is 0 Å². The van der Waals surface area contributed by atoms with Gasteiger partial charge >= 0.3 is 0 Å². The van der Waals surface area contributed by atoms with E-state index in [1.807, 2.05) is 13.8 Å². The molecule has 25 heavy (non-hydrogen) atoms. The molecule has 0 radical (unpaired) electrons. The average molecular weight is 381 g/mol. The van der Waals surface area contributed by atoms with Crippen molar-refractivity contribution >= 4 is 34.9 Å². The van der Waals surface area contributed by atoms with Crippen molar-refractivity contribution in [3.63, 3.8) is 0 Å². The molecule has 2 rings (SSSR count). The molecule has 8 heteroatoms. The van der Waals surface area contributed by atoms with Crippen LogP contribution in [0, 0.1) is 12.7 Å². The highest BCUT2D eigenvalue weighted by atomic mass is 32.2. The van der Waals surface area contributed by atoms with Gasteiger partial charge in [-0.2, -0.15) is 0 Å². The van der Waals surface area contributed by atoms with Gasteiger partial charge in [0, 0.05) is 4.88 Å². The average Bonchev–Trinajstić information content (AvgIpc) is 2.86. The van der Waals surface area contributed by atoms with E-state index in [9.17, 15) is 14.0 Å². The Labute approximate surface area is 154 Å². The highest BCUT2D eigenvalue weighted by Crippen LogP contribution is 2.30. The zero-order valence-electron chi connectivity index (χ0n) is 14.2. The van der Waals surface area contributed by atoms with Gasteiger partial charge in [-0.1, -0.05) is 23.9 Å². The van der Waals surface area contributed by atoms with E-state index in [-0.39, 0.29) is 29.4 Å². The van der Waals surface area contributed by atoms with Gasteiger partial charge in [-0.05, 0) is 38.5 Å². The number of nitrogens with zero attached hydrogens (tertiary/aromatic N) is 1. The van der Waals surface area contributed by atoms with Crippen LogP contribution in [0.1, 0.15) is 36.0 Å². The van der Waals surface area contributed by atoms with Crippen molar-refractivity contribution < 1.29 is 14.0 Å². The van der Waals surface area contributed by atoms with Gasteiger partial charge < -0.3 is 11.1 Å². The lowest BCUT2D eigenvalue weighted by Gasteiger charge is -2.17. The molecule has 0 spiro atoms. The number of halogens is 1. The minimum Gasteiger partial charge on any atom is -0.369 e. The molecule has 0 aliphatic carbocycles. The third-order valence-electron chi connectivity index (χ3n) is 3.58. The molecule has 3 N–H and O–H groups in total. The maximum atomic E-state index is 13.0. The van der Waals surface area contributed by atoms with Crippen LogP contribution >= 0.6 is 23.1 Å². The second-order valence-corrected chi connectivity index (χ2v) is 8.34. The highest BCUT2D eigenvalue weighted by molar-refractivity contribution is 8.02. The zero-order valence-corrected chi connectivity index (χ0v) is 15.8. The molecule has 0 saturated heterocycles. The Bertz CT molecular complexity index is 762. The number of carbonyl (C=O) groups excluding carboxylic acids is 2. The molecular formula is C17H20FN3O2S2. The third-order valence-corrected chi connectivity index (χ3v) is 5.93. The Morgan fingerprint density at radius 3 is 2.56 bits per heavy atom. The van der Waals surface area contributed by atoms with Crippen molar-refractivity contribution in [3.8, 4) is 0 Å². The van der Waals surface area contributed by atoms with E-state index in [0.29, 0.717) is 0 Å². The fraction of sp³-hybridized carbons (Fsp3) is 0.353. The van der Waals surface area contributed by atoms with Gasteiger partial charge in [-0.25, -0.2) is 9.37 Å². The summed E-state index contributed by atoms with van der Waals surface area (Å²) in [6.45, 7) is 5.46. The molecule has 0 bridgehead atoms. The summed E-state index contributed by atoms with van der Waals surface area (Å²) in [5.41, 5.74) is 6.81. The maximum absolute atomic E-state index is 13.0. The summed E-state index contributed by atoms with van der Waals surface area (Å²) >= 11 is 2.72. The quantitative estimate of drug-likeness (QED) is 0.722. The number of aryl methyl sites for hydroxylation is 1. The SMILES string of the molecule is Cc1nc(S[C@H](C)C(=O)N[C@@H](C)c2ccc(F)cc2)sc1CC(N)=O. The number of nitrogens with two attached hydrogens (primary N) is 1. The molecule has 1 aromatic heterocycles. The van der Waals surface area contributed by atoms with Gasteiger partial charge in [-0.3, -0.25) is 9.59 Å². The first-order valence-corrected chi connectivity index (χ1v) is 9.43. The summed E-state index contributed by atoms with van der Waals surface area (Å²) < 4.78 is 13.7. The first kappa shape index (κ1) is 19.4. The standard InChI is InChI=1S/C17H20FN3O2S2/c1-9(12-4-6-13(18)7-5-12)20-16(23)11(3)24-17-21-10(2)14(25-17)8-15(19)22/h4-7,9,11H,8H2,1-3H3,(H2,19,22)(H,20,23)/t9-,11+/m0/s1. The van der Waals surface area contributed by atoms with Crippen LogP contribution in [0.4, 0.5) is 4.39 Å². The second-order valence-electron chi connectivity index (χ2n) is 5.67. The monoisotopic (exact) mass is 381 g/mol. The highest BCUT2D eigenvalue weighted by Gasteiger charge is 2.20. The van der Waals surface area contributed by atoms with Gasteiger partial charge in [0.15, 0.2) is 4.34 Å². The topological polar surface area (TPSA) is 85.1 Å². The zero-order chi connectivity index (χ0) is 18.6. The number of hydrogen-bond donors (Lipinski definition) is 2. The first-order valence-electron chi connectivity index (χ1n) is 7.73. The number of rotatable bonds is 7. The number of amides is 2. The van der Waals surface area contributed by atoms with E-state index in [1.54, 1.807) is 19.1 Å². The van der Waals surface area contributed by atoms with Gasteiger partial charge in [0.1, 0.15) is 5.82 Å². The lowest BCUT2D eigenvalue weighted by molar-refractivity contribution is -0.121. The molecule has 1 aromatic carbocycles. The van der Waals surface area contributed by atoms with E-state index in [2.05, 4.69) is 10.3 Å². The van der Waals surface area contributed by atoms with E-state index >= 15 is 0 Å². The largest absolute Gasteiger partial charge is 0.369 e. The van der Waals surface area contributed by atoms with Gasteiger partial charge in [0.05, 0.1) is 23.4 Å². The lowest BCUT2D eigenvalue weighted by Crippen LogP contribution is -2.33. The number of nitrogens with one attached hydrogen (secondary N) is 1. The van der Waals surface area contributed by atoms with Crippen LogP contribution in [-0.2, 0) is 16.0 Å². The van der Waals surface area contributed by atoms with Crippen molar-refractivity contribution in [1.82, 2.24) is 10.3 Å². The minimum atomic E-state index is -0.401. The summed E-state index contributed by atoms with van der Waals surface area (Å²) in [6, 6.07) is 5.82. The third kappa shape index (κ3) is 5.54. The molecule has 1 heterocycles. The Hall–Kier alpha value is -1.93. The first-order chi connectivity index (χ1) is 11.8. The minimum absolute atomic E-state index is 0.133. The van der Waals surface area contributed by atoms with Gasteiger partial charge in [0.25, 0.3) is 0 Å². The molecule has 0 saturated carbocycles. The number of primary amides is 1. The molecule has 2 atom stereocenters. The van der Waals surface area contributed by atoms with Crippen LogP contribution in [0.3, 0.4) is 0 Å². The van der Waals surface area contributed by atoms with Crippen molar-refractivity contribution in [1.29, 1.82) is 0 Å². The predicted molar refractivity (Wildman–Crippen MR) is 98.0 cm³/mol. The van der Waals surface area contributed by atoms with Gasteiger partial charge in [0.2, 0.25) is 11.8 Å². The number of carbonyl (C=O) groups is 2. The molecule has 0 aliphatic heterocycles. The predicted octanol–water partition coefficient (Wildman–Crippen LogP) is 2.98. The summed E-state index contributed by atoms with van der Waals surface area (Å²) in [4.78, 5) is 28.6. The van der Waals surface area contributed by atoms with E-state index < -0.39 is 5.91 Å².